The average Bonchev–Trinajstić information content (AvgIpc) is 2.64. The molecule has 1 aliphatic heterocycles. The Labute approximate surface area is 154 Å². The molecule has 0 radical (unpaired) electrons. The number of hydrogen-bond acceptors (Lipinski definition) is 4. The molecule has 0 unspecified atom stereocenters. The Hall–Kier alpha value is -2.02. The number of carbonyl (C=O) groups excluding carboxylic acids is 1. The van der Waals surface area contributed by atoms with E-state index in [1.165, 1.54) is 5.56 Å². The molecule has 1 aromatic carbocycles. The number of nitrogens with zero attached hydrogens (tertiary/aromatic N) is 1. The quantitative estimate of drug-likeness (QED) is 0.752. The van der Waals surface area contributed by atoms with Crippen LogP contribution in [0.5, 0.6) is 11.5 Å². The number of thiocarbonyl (C=S) groups is 1. The van der Waals surface area contributed by atoms with Crippen molar-refractivity contribution in [2.45, 2.75) is 32.7 Å². The third-order valence-corrected chi connectivity index (χ3v) is 4.78. The van der Waals surface area contributed by atoms with Gasteiger partial charge in [-0.15, -0.1) is 0 Å². The lowest BCUT2D eigenvalue weighted by Gasteiger charge is -2.39. The summed E-state index contributed by atoms with van der Waals surface area (Å²) in [6.45, 7) is 5.93. The monoisotopic (exact) mass is 365 g/mol. The summed E-state index contributed by atoms with van der Waals surface area (Å²) >= 11 is 5.54. The van der Waals surface area contributed by atoms with E-state index in [2.05, 4.69) is 15.5 Å². The first kappa shape index (κ1) is 19.3. The highest BCUT2D eigenvalue weighted by Gasteiger charge is 2.30. The minimum absolute atomic E-state index is 0.0296. The van der Waals surface area contributed by atoms with Crippen molar-refractivity contribution >= 4 is 23.2 Å². The zero-order chi connectivity index (χ0) is 18.4. The molecule has 0 spiro atoms. The van der Waals surface area contributed by atoms with E-state index in [9.17, 15) is 4.79 Å². The molecule has 0 aromatic heterocycles. The molecular formula is C18H27N3O3S. The molecule has 0 fully saturated rings. The highest BCUT2D eigenvalue weighted by molar-refractivity contribution is 7.80. The largest absolute Gasteiger partial charge is 0.493 e. The van der Waals surface area contributed by atoms with E-state index < -0.39 is 0 Å². The molecule has 1 atom stereocenters. The first-order valence-electron chi connectivity index (χ1n) is 8.61. The predicted octanol–water partition coefficient (Wildman–Crippen LogP) is 2.02. The second-order valence-corrected chi connectivity index (χ2v) is 6.25. The fraction of sp³-hybridized carbons (Fsp3) is 0.556. The SMILES string of the molecule is CCNC(=S)N1CCc2cc(OC)c(OC)cc2[C@H]1CNC(=O)CC. The van der Waals surface area contributed by atoms with E-state index in [0.717, 1.165) is 30.8 Å². The average molecular weight is 365 g/mol. The minimum atomic E-state index is -0.0365. The normalized spacial score (nSPS) is 16.0. The van der Waals surface area contributed by atoms with Crippen LogP contribution in [0.25, 0.3) is 0 Å². The van der Waals surface area contributed by atoms with Crippen LogP contribution in [0, 0.1) is 0 Å². The van der Waals surface area contributed by atoms with Crippen LogP contribution in [0.1, 0.15) is 37.4 Å². The Morgan fingerprint density at radius 2 is 1.92 bits per heavy atom. The second kappa shape index (κ2) is 8.89. The Kier molecular flexibility index (Phi) is 6.87. The first-order valence-corrected chi connectivity index (χ1v) is 9.02. The first-order chi connectivity index (χ1) is 12.0. The van der Waals surface area contributed by atoms with Gasteiger partial charge in [0.2, 0.25) is 5.91 Å². The van der Waals surface area contributed by atoms with Crippen LogP contribution < -0.4 is 20.1 Å². The van der Waals surface area contributed by atoms with Crippen LogP contribution >= 0.6 is 12.2 Å². The third kappa shape index (κ3) is 4.34. The maximum absolute atomic E-state index is 11.8. The standard InChI is InChI=1S/C18H27N3O3S/c1-5-17(22)20-11-14-13-10-16(24-4)15(23-3)9-12(13)7-8-21(14)18(25)19-6-2/h9-10,14H,5-8,11H2,1-4H3,(H,19,25)(H,20,22)/t14-/m1/s1. The Morgan fingerprint density at radius 1 is 1.24 bits per heavy atom. The van der Waals surface area contributed by atoms with Crippen LogP contribution in [0.2, 0.25) is 0 Å². The van der Waals surface area contributed by atoms with Crippen molar-refractivity contribution in [1.29, 1.82) is 0 Å². The molecule has 0 aliphatic carbocycles. The third-order valence-electron chi connectivity index (χ3n) is 4.41. The number of rotatable bonds is 6. The summed E-state index contributed by atoms with van der Waals surface area (Å²) in [6.07, 6.45) is 1.32. The van der Waals surface area contributed by atoms with Crippen molar-refractivity contribution in [1.82, 2.24) is 15.5 Å². The Balaban J connectivity index is 2.39. The Morgan fingerprint density at radius 3 is 2.52 bits per heavy atom. The number of nitrogens with one attached hydrogen (secondary N) is 2. The Bertz CT molecular complexity index is 636. The highest BCUT2D eigenvalue weighted by atomic mass is 32.1. The molecule has 1 aliphatic rings. The van der Waals surface area contributed by atoms with Crippen LogP contribution in [0.4, 0.5) is 0 Å². The number of benzene rings is 1. The second-order valence-electron chi connectivity index (χ2n) is 5.86. The summed E-state index contributed by atoms with van der Waals surface area (Å²) in [4.78, 5) is 13.9. The summed E-state index contributed by atoms with van der Waals surface area (Å²) in [7, 11) is 3.26. The lowest BCUT2D eigenvalue weighted by molar-refractivity contribution is -0.121. The fourth-order valence-electron chi connectivity index (χ4n) is 3.08. The van der Waals surface area contributed by atoms with Gasteiger partial charge < -0.3 is 25.0 Å². The molecule has 7 heteroatoms. The van der Waals surface area contributed by atoms with Crippen LogP contribution in [-0.2, 0) is 11.2 Å². The maximum Gasteiger partial charge on any atom is 0.219 e. The molecule has 1 heterocycles. The molecule has 0 saturated heterocycles. The summed E-state index contributed by atoms with van der Waals surface area (Å²) in [5.41, 5.74) is 2.31. The van der Waals surface area contributed by atoms with Gasteiger partial charge in [0.25, 0.3) is 0 Å². The molecule has 2 rings (SSSR count). The van der Waals surface area contributed by atoms with Crippen LogP contribution in [0.15, 0.2) is 12.1 Å². The van der Waals surface area contributed by atoms with Gasteiger partial charge in [0.05, 0.1) is 20.3 Å². The number of carbonyl (C=O) groups is 1. The van der Waals surface area contributed by atoms with Gasteiger partial charge >= 0.3 is 0 Å². The van der Waals surface area contributed by atoms with E-state index in [0.29, 0.717) is 23.8 Å². The molecule has 0 saturated carbocycles. The van der Waals surface area contributed by atoms with Gasteiger partial charge in [-0.25, -0.2) is 0 Å². The number of methoxy groups -OCH3 is 2. The maximum atomic E-state index is 11.8. The van der Waals surface area contributed by atoms with E-state index >= 15 is 0 Å². The van der Waals surface area contributed by atoms with Gasteiger partial charge in [-0.05, 0) is 48.8 Å². The van der Waals surface area contributed by atoms with Gasteiger partial charge in [0, 0.05) is 26.1 Å². The molecule has 6 nitrogen and oxygen atoms in total. The van der Waals surface area contributed by atoms with Crippen molar-refractivity contribution in [3.05, 3.63) is 23.3 Å². The summed E-state index contributed by atoms with van der Waals surface area (Å²) in [5, 5.41) is 6.92. The van der Waals surface area contributed by atoms with Gasteiger partial charge in [-0.2, -0.15) is 0 Å². The molecule has 1 aromatic rings. The van der Waals surface area contributed by atoms with Gasteiger partial charge in [-0.3, -0.25) is 4.79 Å². The van der Waals surface area contributed by atoms with Gasteiger partial charge in [0.15, 0.2) is 16.6 Å². The fourth-order valence-corrected chi connectivity index (χ4v) is 3.44. The zero-order valence-electron chi connectivity index (χ0n) is 15.3. The van der Waals surface area contributed by atoms with E-state index in [1.54, 1.807) is 14.2 Å². The molecular weight excluding hydrogens is 338 g/mol. The van der Waals surface area contributed by atoms with E-state index in [1.807, 2.05) is 26.0 Å². The lowest BCUT2D eigenvalue weighted by atomic mass is 9.92. The van der Waals surface area contributed by atoms with Crippen molar-refractivity contribution in [3.63, 3.8) is 0 Å². The number of fused-ring (bicyclic) bond motifs is 1. The smallest absolute Gasteiger partial charge is 0.219 e. The molecule has 2 N–H and O–H groups in total. The topological polar surface area (TPSA) is 62.8 Å². The lowest BCUT2D eigenvalue weighted by Crippen LogP contribution is -2.48. The highest BCUT2D eigenvalue weighted by Crippen LogP contribution is 2.37. The summed E-state index contributed by atoms with van der Waals surface area (Å²) < 4.78 is 10.9. The zero-order valence-corrected chi connectivity index (χ0v) is 16.2. The number of amides is 1. The van der Waals surface area contributed by atoms with Gasteiger partial charge in [0.1, 0.15) is 0 Å². The van der Waals surface area contributed by atoms with Crippen molar-refractivity contribution < 1.29 is 14.3 Å². The van der Waals surface area contributed by atoms with E-state index in [-0.39, 0.29) is 11.9 Å². The molecule has 1 amide bonds. The van der Waals surface area contributed by atoms with Crippen molar-refractivity contribution in [2.24, 2.45) is 0 Å². The van der Waals surface area contributed by atoms with Crippen LogP contribution in [0.3, 0.4) is 0 Å². The van der Waals surface area contributed by atoms with Crippen molar-refractivity contribution in [3.8, 4) is 11.5 Å². The molecule has 138 valence electrons. The number of ether oxygens (including phenoxy) is 2. The van der Waals surface area contributed by atoms with E-state index in [4.69, 9.17) is 21.7 Å². The number of hydrogen-bond donors (Lipinski definition) is 2. The van der Waals surface area contributed by atoms with Gasteiger partial charge in [-0.1, -0.05) is 6.92 Å². The molecule has 0 bridgehead atoms. The minimum Gasteiger partial charge on any atom is -0.493 e. The van der Waals surface area contributed by atoms with Crippen molar-refractivity contribution in [2.75, 3.05) is 33.9 Å². The summed E-state index contributed by atoms with van der Waals surface area (Å²) in [6, 6.07) is 3.99. The predicted molar refractivity (Wildman–Crippen MR) is 102 cm³/mol. The summed E-state index contributed by atoms with van der Waals surface area (Å²) in [5.74, 6) is 1.44. The molecule has 25 heavy (non-hydrogen) atoms. The van der Waals surface area contributed by atoms with Crippen LogP contribution in [-0.4, -0.2) is 49.8 Å².